The standard InChI is InChI=1S/C23H28N4O7S/c1-3-17-18(10-7-11-19(17)35(32,33)27-15(2)22(29)30)25-21(28)13-12-20(24)26-23(31)34-14-16-8-5-4-6-9-16/h4-11,15,27H,3,12-14H2,1-2H3,(H,25,28)(H,29,30)(H2,24,26,31)/t15-/m0/s1. The summed E-state index contributed by atoms with van der Waals surface area (Å²) < 4.78 is 32.4. The lowest BCUT2D eigenvalue weighted by Gasteiger charge is -2.16. The summed E-state index contributed by atoms with van der Waals surface area (Å²) in [6, 6.07) is 12.0. The number of ether oxygens (including phenoxy) is 1. The molecule has 2 amide bonds. The number of alkyl carbamates (subject to hydrolysis) is 1. The molecule has 0 spiro atoms. The summed E-state index contributed by atoms with van der Waals surface area (Å²) >= 11 is 0. The normalized spacial score (nSPS) is 11.8. The summed E-state index contributed by atoms with van der Waals surface area (Å²) in [4.78, 5) is 35.1. The monoisotopic (exact) mass is 504 g/mol. The first-order chi connectivity index (χ1) is 16.5. The molecular formula is C23H28N4O7S. The lowest BCUT2D eigenvalue weighted by atomic mass is 10.1. The van der Waals surface area contributed by atoms with E-state index in [1.54, 1.807) is 31.2 Å². The predicted molar refractivity (Wildman–Crippen MR) is 129 cm³/mol. The van der Waals surface area contributed by atoms with Gasteiger partial charge in [0.15, 0.2) is 0 Å². The fraction of sp³-hybridized carbons (Fsp3) is 0.304. The van der Waals surface area contributed by atoms with E-state index < -0.39 is 34.0 Å². The SMILES string of the molecule is CCc1c(NC(=O)CCC(=N)NC(=O)OCc2ccccc2)cccc1S(=O)(=O)N[C@@H](C)C(=O)O. The van der Waals surface area contributed by atoms with Crippen LogP contribution in [-0.4, -0.2) is 43.4 Å². The van der Waals surface area contributed by atoms with Gasteiger partial charge >= 0.3 is 12.1 Å². The molecule has 0 saturated carbocycles. The number of amidine groups is 1. The van der Waals surface area contributed by atoms with Crippen molar-refractivity contribution in [3.8, 4) is 0 Å². The Morgan fingerprint density at radius 2 is 1.74 bits per heavy atom. The van der Waals surface area contributed by atoms with Crippen LogP contribution in [0.25, 0.3) is 0 Å². The molecule has 0 aliphatic rings. The second-order valence-electron chi connectivity index (χ2n) is 7.53. The van der Waals surface area contributed by atoms with Gasteiger partial charge in [0.2, 0.25) is 15.9 Å². The van der Waals surface area contributed by atoms with Crippen LogP contribution >= 0.6 is 0 Å². The summed E-state index contributed by atoms with van der Waals surface area (Å²) in [6.07, 6.45) is -0.789. The Morgan fingerprint density at radius 1 is 1.06 bits per heavy atom. The molecule has 0 radical (unpaired) electrons. The number of aliphatic carboxylic acids is 1. The third-order valence-corrected chi connectivity index (χ3v) is 6.45. The Hall–Kier alpha value is -3.77. The number of amides is 2. The Kier molecular flexibility index (Phi) is 9.91. The Bertz CT molecular complexity index is 1180. The molecule has 1 atom stereocenters. The highest BCUT2D eigenvalue weighted by Crippen LogP contribution is 2.25. The molecule has 11 nitrogen and oxygen atoms in total. The highest BCUT2D eigenvalue weighted by molar-refractivity contribution is 7.89. The lowest BCUT2D eigenvalue weighted by Crippen LogP contribution is -2.38. The fourth-order valence-corrected chi connectivity index (χ4v) is 4.57. The minimum atomic E-state index is -4.15. The van der Waals surface area contributed by atoms with Crippen LogP contribution in [-0.2, 0) is 37.4 Å². The number of hydrogen-bond donors (Lipinski definition) is 5. The van der Waals surface area contributed by atoms with Gasteiger partial charge in [0.25, 0.3) is 0 Å². The van der Waals surface area contributed by atoms with Crippen molar-refractivity contribution in [2.75, 3.05) is 5.32 Å². The molecule has 12 heteroatoms. The zero-order valence-electron chi connectivity index (χ0n) is 19.3. The van der Waals surface area contributed by atoms with Crippen LogP contribution in [0, 0.1) is 5.41 Å². The van der Waals surface area contributed by atoms with Gasteiger partial charge in [-0.3, -0.25) is 20.3 Å². The number of carboxylic acid groups (broad SMARTS) is 1. The maximum absolute atomic E-state index is 12.7. The molecule has 2 rings (SSSR count). The average Bonchev–Trinajstić information content (AvgIpc) is 2.81. The summed E-state index contributed by atoms with van der Waals surface area (Å²) in [5, 5.41) is 21.7. The van der Waals surface area contributed by atoms with Crippen LogP contribution in [0.2, 0.25) is 0 Å². The first kappa shape index (κ1) is 27.5. The second-order valence-corrected chi connectivity index (χ2v) is 9.21. The van der Waals surface area contributed by atoms with Crippen LogP contribution in [0.3, 0.4) is 0 Å². The van der Waals surface area contributed by atoms with E-state index in [0.29, 0.717) is 5.56 Å². The first-order valence-electron chi connectivity index (χ1n) is 10.8. The number of nitrogens with one attached hydrogen (secondary N) is 4. The quantitative estimate of drug-likeness (QED) is 0.231. The van der Waals surface area contributed by atoms with Crippen LogP contribution < -0.4 is 15.4 Å². The number of carboxylic acids is 1. The number of rotatable bonds is 11. The molecule has 35 heavy (non-hydrogen) atoms. The predicted octanol–water partition coefficient (Wildman–Crippen LogP) is 2.62. The van der Waals surface area contributed by atoms with Crippen molar-refractivity contribution < 1.29 is 32.6 Å². The van der Waals surface area contributed by atoms with E-state index in [4.69, 9.17) is 15.3 Å². The number of sulfonamides is 1. The van der Waals surface area contributed by atoms with Gasteiger partial charge in [-0.1, -0.05) is 43.3 Å². The molecule has 0 bridgehead atoms. The Balaban J connectivity index is 1.94. The molecule has 0 fully saturated rings. The molecule has 0 aromatic heterocycles. The molecule has 0 heterocycles. The number of carbonyl (C=O) groups is 3. The summed E-state index contributed by atoms with van der Waals surface area (Å²) in [5.41, 5.74) is 1.35. The highest BCUT2D eigenvalue weighted by atomic mass is 32.2. The van der Waals surface area contributed by atoms with E-state index in [2.05, 4.69) is 15.4 Å². The van der Waals surface area contributed by atoms with Gasteiger partial charge in [-0.2, -0.15) is 4.72 Å². The molecular weight excluding hydrogens is 476 g/mol. The maximum Gasteiger partial charge on any atom is 0.412 e. The summed E-state index contributed by atoms with van der Waals surface area (Å²) in [5.74, 6) is -2.03. The van der Waals surface area contributed by atoms with Gasteiger partial charge in [-0.15, -0.1) is 0 Å². The molecule has 5 N–H and O–H groups in total. The lowest BCUT2D eigenvalue weighted by molar-refractivity contribution is -0.138. The molecule has 2 aromatic carbocycles. The minimum absolute atomic E-state index is 0.0413. The van der Waals surface area contributed by atoms with E-state index in [9.17, 15) is 22.8 Å². The van der Waals surface area contributed by atoms with Crippen LogP contribution in [0.5, 0.6) is 0 Å². The van der Waals surface area contributed by atoms with Crippen molar-refractivity contribution >= 4 is 39.5 Å². The molecule has 0 saturated heterocycles. The average molecular weight is 505 g/mol. The first-order valence-corrected chi connectivity index (χ1v) is 12.2. The van der Waals surface area contributed by atoms with Crippen LogP contribution in [0.4, 0.5) is 10.5 Å². The van der Waals surface area contributed by atoms with Crippen molar-refractivity contribution in [2.45, 2.75) is 50.7 Å². The zero-order chi connectivity index (χ0) is 26.0. The van der Waals surface area contributed by atoms with Gasteiger partial charge in [0.05, 0.1) is 4.90 Å². The van der Waals surface area contributed by atoms with Gasteiger partial charge in [-0.05, 0) is 36.6 Å². The third-order valence-electron chi connectivity index (χ3n) is 4.82. The number of benzene rings is 2. The molecule has 2 aromatic rings. The van der Waals surface area contributed by atoms with Crippen molar-refractivity contribution in [1.29, 1.82) is 5.41 Å². The second kappa shape index (κ2) is 12.6. The summed E-state index contributed by atoms with van der Waals surface area (Å²) in [7, 11) is -4.15. The number of carbonyl (C=O) groups excluding carboxylic acids is 2. The van der Waals surface area contributed by atoms with Crippen molar-refractivity contribution in [2.24, 2.45) is 0 Å². The Labute approximate surface area is 203 Å². The Morgan fingerprint density at radius 3 is 2.37 bits per heavy atom. The van der Waals surface area contributed by atoms with Gasteiger partial charge < -0.3 is 15.2 Å². The molecule has 0 aliphatic carbocycles. The van der Waals surface area contributed by atoms with Crippen molar-refractivity contribution in [3.05, 3.63) is 59.7 Å². The van der Waals surface area contributed by atoms with Crippen LogP contribution in [0.15, 0.2) is 53.4 Å². The highest BCUT2D eigenvalue weighted by Gasteiger charge is 2.25. The van der Waals surface area contributed by atoms with Gasteiger partial charge in [0, 0.05) is 18.5 Å². The topological polar surface area (TPSA) is 175 Å². The summed E-state index contributed by atoms with van der Waals surface area (Å²) in [6.45, 7) is 2.95. The zero-order valence-corrected chi connectivity index (χ0v) is 20.1. The van der Waals surface area contributed by atoms with Crippen LogP contribution in [0.1, 0.15) is 37.8 Å². The smallest absolute Gasteiger partial charge is 0.412 e. The number of hydrogen-bond acceptors (Lipinski definition) is 7. The minimum Gasteiger partial charge on any atom is -0.480 e. The van der Waals surface area contributed by atoms with Gasteiger partial charge in [-0.25, -0.2) is 13.2 Å². The van der Waals surface area contributed by atoms with E-state index in [-0.39, 0.29) is 42.3 Å². The molecule has 188 valence electrons. The van der Waals surface area contributed by atoms with Crippen molar-refractivity contribution in [3.63, 3.8) is 0 Å². The van der Waals surface area contributed by atoms with E-state index in [1.807, 2.05) is 6.07 Å². The third kappa shape index (κ3) is 8.50. The largest absolute Gasteiger partial charge is 0.480 e. The molecule has 0 aliphatic heterocycles. The van der Waals surface area contributed by atoms with E-state index >= 15 is 0 Å². The maximum atomic E-state index is 12.7. The number of anilines is 1. The van der Waals surface area contributed by atoms with E-state index in [0.717, 1.165) is 5.56 Å². The van der Waals surface area contributed by atoms with Gasteiger partial charge in [0.1, 0.15) is 18.5 Å². The molecule has 0 unspecified atom stereocenters. The van der Waals surface area contributed by atoms with Crippen molar-refractivity contribution in [1.82, 2.24) is 10.0 Å². The fourth-order valence-electron chi connectivity index (χ4n) is 3.04. The van der Waals surface area contributed by atoms with E-state index in [1.165, 1.54) is 25.1 Å².